The molecular formula is C10H12N4O2S. The molecule has 90 valence electrons. The maximum atomic E-state index is 11.8. The highest BCUT2D eigenvalue weighted by Gasteiger charge is 2.23. The zero-order valence-corrected chi connectivity index (χ0v) is 10.3. The Morgan fingerprint density at radius 1 is 1.65 bits per heavy atom. The van der Waals surface area contributed by atoms with Crippen molar-refractivity contribution in [1.82, 2.24) is 14.2 Å². The highest BCUT2D eigenvalue weighted by atomic mass is 32.1. The zero-order valence-electron chi connectivity index (χ0n) is 9.51. The monoisotopic (exact) mass is 252 g/mol. The van der Waals surface area contributed by atoms with Gasteiger partial charge in [0.05, 0.1) is 12.3 Å². The predicted molar refractivity (Wildman–Crippen MR) is 64.7 cm³/mol. The average molecular weight is 252 g/mol. The van der Waals surface area contributed by atoms with E-state index in [1.807, 2.05) is 0 Å². The van der Waals surface area contributed by atoms with Crippen molar-refractivity contribution in [2.24, 2.45) is 7.05 Å². The molecule has 2 rings (SSSR count). The zero-order chi connectivity index (χ0) is 12.4. The lowest BCUT2D eigenvalue weighted by atomic mass is 10.2. The Balaban J connectivity index is 2.50. The second-order valence-electron chi connectivity index (χ2n) is 3.33. The molecule has 17 heavy (non-hydrogen) atoms. The molecule has 0 saturated carbocycles. The van der Waals surface area contributed by atoms with Gasteiger partial charge in [-0.3, -0.25) is 4.68 Å². The maximum Gasteiger partial charge on any atom is 0.343 e. The number of nitrogens with zero attached hydrogens (tertiary/aromatic N) is 3. The van der Waals surface area contributed by atoms with Crippen molar-refractivity contribution >= 4 is 22.5 Å². The fourth-order valence-electron chi connectivity index (χ4n) is 1.48. The number of esters is 1. The van der Waals surface area contributed by atoms with Crippen molar-refractivity contribution in [1.29, 1.82) is 0 Å². The molecule has 0 fully saturated rings. The predicted octanol–water partition coefficient (Wildman–Crippen LogP) is 1.30. The second-order valence-corrected chi connectivity index (χ2v) is 4.14. The Bertz CT molecular complexity index is 546. The Morgan fingerprint density at radius 2 is 2.41 bits per heavy atom. The van der Waals surface area contributed by atoms with Gasteiger partial charge in [-0.05, 0) is 24.5 Å². The van der Waals surface area contributed by atoms with Gasteiger partial charge >= 0.3 is 5.97 Å². The smallest absolute Gasteiger partial charge is 0.343 e. The lowest BCUT2D eigenvalue weighted by molar-refractivity contribution is 0.0529. The first-order valence-electron chi connectivity index (χ1n) is 5.05. The molecule has 0 aliphatic rings. The molecule has 0 spiro atoms. The molecule has 2 heterocycles. The van der Waals surface area contributed by atoms with Gasteiger partial charge in [-0.25, -0.2) is 4.79 Å². The molecule has 0 unspecified atom stereocenters. The lowest BCUT2D eigenvalue weighted by Crippen LogP contribution is -2.08. The van der Waals surface area contributed by atoms with Gasteiger partial charge in [0, 0.05) is 13.2 Å². The van der Waals surface area contributed by atoms with Crippen LogP contribution < -0.4 is 5.73 Å². The Kier molecular flexibility index (Phi) is 3.10. The lowest BCUT2D eigenvalue weighted by Gasteiger charge is -2.03. The highest BCUT2D eigenvalue weighted by Crippen LogP contribution is 2.30. The van der Waals surface area contributed by atoms with Crippen molar-refractivity contribution in [2.45, 2.75) is 6.92 Å². The van der Waals surface area contributed by atoms with Crippen LogP contribution in [0.2, 0.25) is 0 Å². The van der Waals surface area contributed by atoms with Crippen LogP contribution >= 0.6 is 11.5 Å². The first kappa shape index (κ1) is 11.6. The van der Waals surface area contributed by atoms with E-state index < -0.39 is 5.97 Å². The van der Waals surface area contributed by atoms with Crippen molar-refractivity contribution in [3.63, 3.8) is 0 Å². The van der Waals surface area contributed by atoms with E-state index in [2.05, 4.69) is 9.47 Å². The molecule has 0 aliphatic carbocycles. The minimum atomic E-state index is -0.449. The first-order valence-corrected chi connectivity index (χ1v) is 5.83. The fraction of sp³-hybridized carbons (Fsp3) is 0.300. The molecule has 7 heteroatoms. The van der Waals surface area contributed by atoms with Gasteiger partial charge in [0.25, 0.3) is 0 Å². The van der Waals surface area contributed by atoms with E-state index in [1.165, 1.54) is 0 Å². The van der Waals surface area contributed by atoms with Crippen LogP contribution in [-0.2, 0) is 11.8 Å². The van der Waals surface area contributed by atoms with Crippen molar-refractivity contribution < 1.29 is 9.53 Å². The SMILES string of the molecule is CCOC(=O)c1c(-c2ccnn2C)nsc1N. The van der Waals surface area contributed by atoms with Gasteiger partial charge in [0.1, 0.15) is 16.3 Å². The minimum Gasteiger partial charge on any atom is -0.462 e. The second kappa shape index (κ2) is 4.54. The molecule has 0 atom stereocenters. The van der Waals surface area contributed by atoms with E-state index in [-0.39, 0.29) is 0 Å². The normalized spacial score (nSPS) is 10.5. The third-order valence-electron chi connectivity index (χ3n) is 2.26. The van der Waals surface area contributed by atoms with Gasteiger partial charge in [-0.15, -0.1) is 0 Å². The topological polar surface area (TPSA) is 83.0 Å². The van der Waals surface area contributed by atoms with Gasteiger partial charge in [-0.1, -0.05) is 0 Å². The molecule has 0 bridgehead atoms. The summed E-state index contributed by atoms with van der Waals surface area (Å²) in [5.74, 6) is -0.449. The maximum absolute atomic E-state index is 11.8. The van der Waals surface area contributed by atoms with Crippen LogP contribution in [0.3, 0.4) is 0 Å². The Labute approximate surface area is 102 Å². The number of anilines is 1. The summed E-state index contributed by atoms with van der Waals surface area (Å²) in [6.45, 7) is 2.05. The molecule has 0 aromatic carbocycles. The average Bonchev–Trinajstić information content (AvgIpc) is 2.84. The molecule has 2 N–H and O–H groups in total. The molecule has 0 amide bonds. The van der Waals surface area contributed by atoms with E-state index >= 15 is 0 Å². The third-order valence-corrected chi connectivity index (χ3v) is 2.94. The number of aryl methyl sites for hydroxylation is 1. The Morgan fingerprint density at radius 3 is 3.00 bits per heavy atom. The van der Waals surface area contributed by atoms with E-state index in [9.17, 15) is 4.79 Å². The van der Waals surface area contributed by atoms with Crippen LogP contribution in [0.5, 0.6) is 0 Å². The van der Waals surface area contributed by atoms with E-state index in [1.54, 1.807) is 30.9 Å². The Hall–Kier alpha value is -1.89. The van der Waals surface area contributed by atoms with Crippen LogP contribution in [0.15, 0.2) is 12.3 Å². The fourth-order valence-corrected chi connectivity index (χ4v) is 2.13. The van der Waals surface area contributed by atoms with Crippen LogP contribution in [-0.4, -0.2) is 26.7 Å². The van der Waals surface area contributed by atoms with Gasteiger partial charge in [-0.2, -0.15) is 9.47 Å². The number of hydrogen-bond acceptors (Lipinski definition) is 6. The van der Waals surface area contributed by atoms with Crippen molar-refractivity contribution in [2.75, 3.05) is 12.3 Å². The number of nitrogens with two attached hydrogens (primary N) is 1. The van der Waals surface area contributed by atoms with E-state index in [4.69, 9.17) is 10.5 Å². The number of carbonyl (C=O) groups is 1. The molecule has 6 nitrogen and oxygen atoms in total. The molecular weight excluding hydrogens is 240 g/mol. The molecule has 0 saturated heterocycles. The van der Waals surface area contributed by atoms with Crippen molar-refractivity contribution in [3.8, 4) is 11.4 Å². The minimum absolute atomic E-state index is 0.305. The summed E-state index contributed by atoms with van der Waals surface area (Å²) in [7, 11) is 1.78. The highest BCUT2D eigenvalue weighted by molar-refractivity contribution is 7.10. The standard InChI is InChI=1S/C10H12N4O2S/c1-3-16-10(15)7-8(13-17-9(7)11)6-4-5-12-14(6)2/h4-5H,3,11H2,1-2H3. The summed E-state index contributed by atoms with van der Waals surface area (Å²) < 4.78 is 10.8. The number of rotatable bonds is 3. The number of nitrogen functional groups attached to an aromatic ring is 1. The number of carbonyl (C=O) groups excluding carboxylic acids is 1. The summed E-state index contributed by atoms with van der Waals surface area (Å²) >= 11 is 1.08. The van der Waals surface area contributed by atoms with Crippen LogP contribution in [0.4, 0.5) is 5.00 Å². The number of ether oxygens (including phenoxy) is 1. The molecule has 0 aliphatic heterocycles. The molecule has 2 aromatic heterocycles. The summed E-state index contributed by atoms with van der Waals surface area (Å²) in [6.07, 6.45) is 1.64. The van der Waals surface area contributed by atoms with E-state index in [0.29, 0.717) is 22.9 Å². The summed E-state index contributed by atoms with van der Waals surface area (Å²) in [4.78, 5) is 11.8. The van der Waals surface area contributed by atoms with Crippen LogP contribution in [0, 0.1) is 0 Å². The third kappa shape index (κ3) is 2.01. The van der Waals surface area contributed by atoms with Crippen molar-refractivity contribution in [3.05, 3.63) is 17.8 Å². The summed E-state index contributed by atoms with van der Waals surface area (Å²) in [6, 6.07) is 1.78. The summed E-state index contributed by atoms with van der Waals surface area (Å²) in [5.41, 5.74) is 7.33. The molecule has 0 radical (unpaired) electrons. The van der Waals surface area contributed by atoms with Gasteiger partial charge in [0.15, 0.2) is 0 Å². The van der Waals surface area contributed by atoms with Gasteiger partial charge < -0.3 is 10.5 Å². The van der Waals surface area contributed by atoms with Gasteiger partial charge in [0.2, 0.25) is 0 Å². The first-order chi connectivity index (χ1) is 8.15. The van der Waals surface area contributed by atoms with Crippen LogP contribution in [0.1, 0.15) is 17.3 Å². The van der Waals surface area contributed by atoms with E-state index in [0.717, 1.165) is 17.2 Å². The molecule has 2 aromatic rings. The quantitative estimate of drug-likeness (QED) is 0.832. The largest absolute Gasteiger partial charge is 0.462 e. The number of hydrogen-bond donors (Lipinski definition) is 1. The van der Waals surface area contributed by atoms with Crippen LogP contribution in [0.25, 0.3) is 11.4 Å². The number of aromatic nitrogens is 3. The summed E-state index contributed by atoms with van der Waals surface area (Å²) in [5, 5.41) is 4.40.